The lowest BCUT2D eigenvalue weighted by Crippen LogP contribution is -2.00. The van der Waals surface area contributed by atoms with Gasteiger partial charge in [-0.05, 0) is 59.2 Å². The molecule has 104 valence electrons. The first-order valence-corrected chi connectivity index (χ1v) is 7.52. The average molecular weight is 374 g/mol. The van der Waals surface area contributed by atoms with Crippen molar-refractivity contribution >= 4 is 34.6 Å². The van der Waals surface area contributed by atoms with E-state index in [0.29, 0.717) is 18.6 Å². The van der Waals surface area contributed by atoms with Gasteiger partial charge in [0.25, 0.3) is 0 Å². The van der Waals surface area contributed by atoms with Crippen molar-refractivity contribution in [1.82, 2.24) is 0 Å². The van der Waals surface area contributed by atoms with E-state index in [1.165, 1.54) is 0 Å². The Morgan fingerprint density at radius 2 is 2.16 bits per heavy atom. The standard InChI is InChI=1S/C15H19IO3/c1-3-5-8-19-14-10-11(6-7-13(14)16)9-12(4-2)15(17)18/h6-7,9-10H,3-5,8H2,1-2H3,(H,17,18)/b12-9-. The number of carboxylic acids is 1. The summed E-state index contributed by atoms with van der Waals surface area (Å²) < 4.78 is 6.75. The molecule has 0 aromatic heterocycles. The van der Waals surface area contributed by atoms with Gasteiger partial charge in [-0.25, -0.2) is 4.79 Å². The second kappa shape index (κ2) is 8.19. The van der Waals surface area contributed by atoms with Gasteiger partial charge < -0.3 is 9.84 Å². The fraction of sp³-hybridized carbons (Fsp3) is 0.400. The lowest BCUT2D eigenvalue weighted by atomic mass is 10.1. The molecule has 1 aromatic rings. The van der Waals surface area contributed by atoms with Gasteiger partial charge in [-0.1, -0.05) is 26.3 Å². The van der Waals surface area contributed by atoms with Gasteiger partial charge in [0, 0.05) is 5.57 Å². The SMILES string of the molecule is CCCCOc1cc(/C=C(/CC)C(=O)O)ccc1I. The number of hydrogen-bond donors (Lipinski definition) is 1. The van der Waals surface area contributed by atoms with Crippen molar-refractivity contribution in [2.45, 2.75) is 33.1 Å². The zero-order valence-electron chi connectivity index (χ0n) is 11.3. The van der Waals surface area contributed by atoms with Gasteiger partial charge in [0.05, 0.1) is 10.2 Å². The Morgan fingerprint density at radius 3 is 2.74 bits per heavy atom. The summed E-state index contributed by atoms with van der Waals surface area (Å²) in [5.74, 6) is -0.0434. The van der Waals surface area contributed by atoms with Crippen LogP contribution >= 0.6 is 22.6 Å². The number of aliphatic carboxylic acids is 1. The average Bonchev–Trinajstić information content (AvgIpc) is 2.39. The van der Waals surface area contributed by atoms with Crippen molar-refractivity contribution in [3.8, 4) is 5.75 Å². The fourth-order valence-corrected chi connectivity index (χ4v) is 2.05. The third-order valence-electron chi connectivity index (χ3n) is 2.71. The van der Waals surface area contributed by atoms with E-state index in [9.17, 15) is 4.79 Å². The summed E-state index contributed by atoms with van der Waals surface area (Å²) in [6.07, 6.45) is 4.32. The van der Waals surface area contributed by atoms with Crippen molar-refractivity contribution in [2.75, 3.05) is 6.61 Å². The normalized spacial score (nSPS) is 11.4. The summed E-state index contributed by atoms with van der Waals surface area (Å²) in [4.78, 5) is 11.0. The van der Waals surface area contributed by atoms with Crippen LogP contribution < -0.4 is 4.74 Å². The van der Waals surface area contributed by atoms with E-state index in [1.54, 1.807) is 6.08 Å². The highest BCUT2D eigenvalue weighted by Crippen LogP contribution is 2.24. The van der Waals surface area contributed by atoms with E-state index in [-0.39, 0.29) is 0 Å². The smallest absolute Gasteiger partial charge is 0.331 e. The minimum atomic E-state index is -0.866. The zero-order chi connectivity index (χ0) is 14.3. The maximum Gasteiger partial charge on any atom is 0.331 e. The Kier molecular flexibility index (Phi) is 6.91. The molecule has 0 fully saturated rings. The van der Waals surface area contributed by atoms with Crippen LogP contribution in [0.2, 0.25) is 0 Å². The molecule has 0 saturated carbocycles. The van der Waals surface area contributed by atoms with E-state index in [1.807, 2.05) is 25.1 Å². The van der Waals surface area contributed by atoms with Crippen LogP contribution in [0.1, 0.15) is 38.7 Å². The van der Waals surface area contributed by atoms with Crippen LogP contribution in [-0.2, 0) is 4.79 Å². The number of carbonyl (C=O) groups is 1. The minimum absolute atomic E-state index is 0.403. The molecule has 1 N–H and O–H groups in total. The zero-order valence-corrected chi connectivity index (χ0v) is 13.4. The van der Waals surface area contributed by atoms with Gasteiger partial charge in [-0.15, -0.1) is 0 Å². The third-order valence-corrected chi connectivity index (χ3v) is 3.60. The number of ether oxygens (including phenoxy) is 1. The van der Waals surface area contributed by atoms with Crippen molar-refractivity contribution < 1.29 is 14.6 Å². The summed E-state index contributed by atoms with van der Waals surface area (Å²) in [6.45, 7) is 4.65. The van der Waals surface area contributed by atoms with E-state index in [4.69, 9.17) is 9.84 Å². The molecular weight excluding hydrogens is 355 g/mol. The second-order valence-corrected chi connectivity index (χ2v) is 5.38. The third kappa shape index (κ3) is 5.22. The van der Waals surface area contributed by atoms with Crippen molar-refractivity contribution in [1.29, 1.82) is 0 Å². The topological polar surface area (TPSA) is 46.5 Å². The van der Waals surface area contributed by atoms with Gasteiger partial charge in [0.1, 0.15) is 5.75 Å². The first kappa shape index (κ1) is 16.0. The van der Waals surface area contributed by atoms with Crippen LogP contribution in [0.5, 0.6) is 5.75 Å². The Bertz CT molecular complexity index is 466. The van der Waals surface area contributed by atoms with E-state index in [0.717, 1.165) is 27.7 Å². The van der Waals surface area contributed by atoms with Crippen LogP contribution in [0.25, 0.3) is 6.08 Å². The quantitative estimate of drug-likeness (QED) is 0.439. The van der Waals surface area contributed by atoms with Crippen molar-refractivity contribution in [3.63, 3.8) is 0 Å². The number of unbranched alkanes of at least 4 members (excludes halogenated alkanes) is 1. The molecule has 19 heavy (non-hydrogen) atoms. The van der Waals surface area contributed by atoms with E-state index in [2.05, 4.69) is 29.5 Å². The molecule has 0 unspecified atom stereocenters. The molecule has 0 aliphatic rings. The van der Waals surface area contributed by atoms with Gasteiger partial charge in [0.2, 0.25) is 0 Å². The minimum Gasteiger partial charge on any atom is -0.492 e. The molecule has 4 heteroatoms. The van der Waals surface area contributed by atoms with Gasteiger partial charge in [-0.3, -0.25) is 0 Å². The number of carboxylic acid groups (broad SMARTS) is 1. The highest BCUT2D eigenvalue weighted by atomic mass is 127. The molecule has 0 saturated heterocycles. The molecule has 0 radical (unpaired) electrons. The van der Waals surface area contributed by atoms with Gasteiger partial charge >= 0.3 is 5.97 Å². The molecule has 1 aromatic carbocycles. The maximum absolute atomic E-state index is 11.0. The number of hydrogen-bond acceptors (Lipinski definition) is 2. The molecule has 0 atom stereocenters. The molecule has 0 bridgehead atoms. The highest BCUT2D eigenvalue weighted by Gasteiger charge is 2.06. The van der Waals surface area contributed by atoms with Crippen LogP contribution in [0.15, 0.2) is 23.8 Å². The molecule has 1 rings (SSSR count). The van der Waals surface area contributed by atoms with Crippen LogP contribution in [0.3, 0.4) is 0 Å². The predicted molar refractivity (Wildman–Crippen MR) is 85.5 cm³/mol. The van der Waals surface area contributed by atoms with Crippen LogP contribution in [-0.4, -0.2) is 17.7 Å². The van der Waals surface area contributed by atoms with Crippen molar-refractivity contribution in [2.24, 2.45) is 0 Å². The number of benzene rings is 1. The Balaban J connectivity index is 2.91. The summed E-state index contributed by atoms with van der Waals surface area (Å²) in [5.41, 5.74) is 1.27. The maximum atomic E-state index is 11.0. The summed E-state index contributed by atoms with van der Waals surface area (Å²) in [6, 6.07) is 5.76. The fourth-order valence-electron chi connectivity index (χ4n) is 1.56. The first-order valence-electron chi connectivity index (χ1n) is 6.44. The Hall–Kier alpha value is -1.04. The highest BCUT2D eigenvalue weighted by molar-refractivity contribution is 14.1. The summed E-state index contributed by atoms with van der Waals surface area (Å²) in [5, 5.41) is 9.03. The van der Waals surface area contributed by atoms with Gasteiger partial charge in [-0.2, -0.15) is 0 Å². The van der Waals surface area contributed by atoms with Crippen LogP contribution in [0.4, 0.5) is 0 Å². The monoisotopic (exact) mass is 374 g/mol. The molecule has 3 nitrogen and oxygen atoms in total. The van der Waals surface area contributed by atoms with Crippen LogP contribution in [0, 0.1) is 3.57 Å². The number of halogens is 1. The lowest BCUT2D eigenvalue weighted by molar-refractivity contribution is -0.132. The molecule has 0 amide bonds. The lowest BCUT2D eigenvalue weighted by Gasteiger charge is -2.09. The largest absolute Gasteiger partial charge is 0.492 e. The molecule has 0 aliphatic carbocycles. The Morgan fingerprint density at radius 1 is 1.42 bits per heavy atom. The molecule has 0 aliphatic heterocycles. The van der Waals surface area contributed by atoms with Gasteiger partial charge in [0.15, 0.2) is 0 Å². The molecular formula is C15H19IO3. The predicted octanol–water partition coefficient (Wildman–Crippen LogP) is 4.35. The first-order chi connectivity index (χ1) is 9.08. The molecule has 0 heterocycles. The number of rotatable bonds is 7. The van der Waals surface area contributed by atoms with Crippen molar-refractivity contribution in [3.05, 3.63) is 32.9 Å². The summed E-state index contributed by atoms with van der Waals surface area (Å²) in [7, 11) is 0. The molecule has 0 spiro atoms. The Labute approximate surface area is 127 Å². The summed E-state index contributed by atoms with van der Waals surface area (Å²) >= 11 is 2.22. The second-order valence-electron chi connectivity index (χ2n) is 4.22. The van der Waals surface area contributed by atoms with E-state index < -0.39 is 5.97 Å². The van der Waals surface area contributed by atoms with E-state index >= 15 is 0 Å².